The molecule has 0 fully saturated rings. The molecule has 0 atom stereocenters. The highest BCUT2D eigenvalue weighted by Gasteiger charge is 1.93. The van der Waals surface area contributed by atoms with Gasteiger partial charge in [0.1, 0.15) is 0 Å². The van der Waals surface area contributed by atoms with E-state index in [1.165, 1.54) is 16.7 Å². The highest BCUT2D eigenvalue weighted by atomic mass is 14.8. The van der Waals surface area contributed by atoms with E-state index in [9.17, 15) is 0 Å². The normalized spacial score (nSPS) is 11.8. The smallest absolute Gasteiger partial charge is 0.00171 e. The predicted octanol–water partition coefficient (Wildman–Crippen LogP) is 3.01. The van der Waals surface area contributed by atoms with E-state index < -0.39 is 0 Å². The molecule has 0 unspecified atom stereocenters. The van der Waals surface area contributed by atoms with Crippen LogP contribution in [-0.2, 0) is 0 Å². The van der Waals surface area contributed by atoms with Crippen LogP contribution in [0, 0.1) is 6.92 Å². The van der Waals surface area contributed by atoms with Crippen molar-refractivity contribution in [1.82, 2.24) is 5.32 Å². The van der Waals surface area contributed by atoms with E-state index in [-0.39, 0.29) is 0 Å². The lowest BCUT2D eigenvalue weighted by molar-refractivity contribution is 0.808. The van der Waals surface area contributed by atoms with Crippen LogP contribution in [0.4, 0.5) is 0 Å². The lowest BCUT2D eigenvalue weighted by atomic mass is 10.0. The van der Waals surface area contributed by atoms with Crippen LogP contribution in [-0.4, -0.2) is 13.6 Å². The minimum Gasteiger partial charge on any atom is -0.319 e. The van der Waals surface area contributed by atoms with E-state index in [4.69, 9.17) is 0 Å². The van der Waals surface area contributed by atoms with E-state index in [1.807, 2.05) is 7.05 Å². The standard InChI is InChI=1S/C13H19N/c1-11-6-8-13(9-7-11)12(2)5-4-10-14-3/h5-9,14H,4,10H2,1-3H3. The molecule has 1 rings (SSSR count). The van der Waals surface area contributed by atoms with Gasteiger partial charge in [-0.3, -0.25) is 0 Å². The minimum absolute atomic E-state index is 1.04. The molecule has 0 aliphatic heterocycles. The molecule has 0 saturated carbocycles. The Hall–Kier alpha value is -1.08. The van der Waals surface area contributed by atoms with Gasteiger partial charge in [0.2, 0.25) is 0 Å². The van der Waals surface area contributed by atoms with Crippen molar-refractivity contribution < 1.29 is 0 Å². The maximum atomic E-state index is 3.14. The summed E-state index contributed by atoms with van der Waals surface area (Å²) in [6.07, 6.45) is 3.37. The summed E-state index contributed by atoms with van der Waals surface area (Å²) in [5.74, 6) is 0. The number of hydrogen-bond donors (Lipinski definition) is 1. The molecule has 1 N–H and O–H groups in total. The largest absolute Gasteiger partial charge is 0.319 e. The zero-order valence-electron chi connectivity index (χ0n) is 9.30. The summed E-state index contributed by atoms with van der Waals surface area (Å²) in [5, 5.41) is 3.14. The van der Waals surface area contributed by atoms with Crippen LogP contribution in [0.15, 0.2) is 30.3 Å². The van der Waals surface area contributed by atoms with E-state index in [2.05, 4.69) is 49.5 Å². The van der Waals surface area contributed by atoms with Gasteiger partial charge in [-0.1, -0.05) is 35.9 Å². The van der Waals surface area contributed by atoms with E-state index in [1.54, 1.807) is 0 Å². The third-order valence-electron chi connectivity index (χ3n) is 2.35. The average Bonchev–Trinajstić information content (AvgIpc) is 2.19. The van der Waals surface area contributed by atoms with Gasteiger partial charge in [0.15, 0.2) is 0 Å². The topological polar surface area (TPSA) is 12.0 Å². The van der Waals surface area contributed by atoms with Crippen LogP contribution in [0.3, 0.4) is 0 Å². The summed E-state index contributed by atoms with van der Waals surface area (Å²) in [5.41, 5.74) is 4.00. The summed E-state index contributed by atoms with van der Waals surface area (Å²) in [6, 6.07) is 8.68. The third kappa shape index (κ3) is 3.35. The van der Waals surface area contributed by atoms with Crippen LogP contribution in [0.5, 0.6) is 0 Å². The van der Waals surface area contributed by atoms with Gasteiger partial charge in [-0.15, -0.1) is 0 Å². The van der Waals surface area contributed by atoms with Crippen molar-refractivity contribution >= 4 is 5.57 Å². The Morgan fingerprint density at radius 3 is 2.50 bits per heavy atom. The van der Waals surface area contributed by atoms with Gasteiger partial charge >= 0.3 is 0 Å². The number of benzene rings is 1. The molecule has 1 aromatic carbocycles. The molecule has 1 heteroatoms. The Morgan fingerprint density at radius 1 is 1.29 bits per heavy atom. The first-order valence-corrected chi connectivity index (χ1v) is 5.12. The lowest BCUT2D eigenvalue weighted by Gasteiger charge is -2.02. The fourth-order valence-electron chi connectivity index (χ4n) is 1.37. The van der Waals surface area contributed by atoms with Gasteiger partial charge < -0.3 is 5.32 Å². The first kappa shape index (κ1) is 11.0. The summed E-state index contributed by atoms with van der Waals surface area (Å²) < 4.78 is 0. The van der Waals surface area contributed by atoms with Crippen LogP contribution >= 0.6 is 0 Å². The predicted molar refractivity (Wildman–Crippen MR) is 63.4 cm³/mol. The fourth-order valence-corrected chi connectivity index (χ4v) is 1.37. The van der Waals surface area contributed by atoms with Crippen molar-refractivity contribution in [3.8, 4) is 0 Å². The zero-order valence-corrected chi connectivity index (χ0v) is 9.30. The first-order valence-electron chi connectivity index (χ1n) is 5.12. The quantitative estimate of drug-likeness (QED) is 0.718. The Labute approximate surface area is 86.8 Å². The molecular formula is C13H19N. The first-order chi connectivity index (χ1) is 6.74. The second-order valence-electron chi connectivity index (χ2n) is 3.65. The molecule has 1 aromatic rings. The molecule has 76 valence electrons. The van der Waals surface area contributed by atoms with Gasteiger partial charge in [0.05, 0.1) is 0 Å². The van der Waals surface area contributed by atoms with E-state index in [0.29, 0.717) is 0 Å². The van der Waals surface area contributed by atoms with Gasteiger partial charge in [0.25, 0.3) is 0 Å². The van der Waals surface area contributed by atoms with E-state index in [0.717, 1.165) is 13.0 Å². The van der Waals surface area contributed by atoms with Crippen molar-refractivity contribution in [2.75, 3.05) is 13.6 Å². The summed E-state index contributed by atoms with van der Waals surface area (Å²) in [7, 11) is 1.98. The number of allylic oxidation sites excluding steroid dienone is 1. The third-order valence-corrected chi connectivity index (χ3v) is 2.35. The Morgan fingerprint density at radius 2 is 1.93 bits per heavy atom. The Bertz CT molecular complexity index is 296. The van der Waals surface area contributed by atoms with Crippen LogP contribution in [0.2, 0.25) is 0 Å². The SMILES string of the molecule is CNCCC=C(C)c1ccc(C)cc1. The van der Waals surface area contributed by atoms with Crippen molar-refractivity contribution in [3.63, 3.8) is 0 Å². The van der Waals surface area contributed by atoms with Gasteiger partial charge in [-0.05, 0) is 45.0 Å². The second-order valence-corrected chi connectivity index (χ2v) is 3.65. The molecule has 0 saturated heterocycles. The molecule has 0 bridgehead atoms. The Balaban J connectivity index is 2.64. The fraction of sp³-hybridized carbons (Fsp3) is 0.385. The van der Waals surface area contributed by atoms with Gasteiger partial charge in [-0.2, -0.15) is 0 Å². The van der Waals surface area contributed by atoms with Crippen LogP contribution < -0.4 is 5.32 Å². The molecule has 1 nitrogen and oxygen atoms in total. The van der Waals surface area contributed by atoms with Gasteiger partial charge in [0, 0.05) is 0 Å². The molecule has 0 radical (unpaired) electrons. The van der Waals surface area contributed by atoms with Crippen molar-refractivity contribution in [2.45, 2.75) is 20.3 Å². The summed E-state index contributed by atoms with van der Waals surface area (Å²) >= 11 is 0. The van der Waals surface area contributed by atoms with Crippen LogP contribution in [0.1, 0.15) is 24.5 Å². The molecule has 0 spiro atoms. The summed E-state index contributed by atoms with van der Waals surface area (Å²) in [6.45, 7) is 5.33. The molecule has 0 aliphatic carbocycles. The number of nitrogens with one attached hydrogen (secondary N) is 1. The zero-order chi connectivity index (χ0) is 10.4. The monoisotopic (exact) mass is 189 g/mol. The van der Waals surface area contributed by atoms with Crippen molar-refractivity contribution in [1.29, 1.82) is 0 Å². The van der Waals surface area contributed by atoms with Gasteiger partial charge in [-0.25, -0.2) is 0 Å². The summed E-state index contributed by atoms with van der Waals surface area (Å²) in [4.78, 5) is 0. The number of aryl methyl sites for hydroxylation is 1. The Kier molecular flexibility index (Phi) is 4.41. The van der Waals surface area contributed by atoms with Crippen LogP contribution in [0.25, 0.3) is 5.57 Å². The van der Waals surface area contributed by atoms with Crippen molar-refractivity contribution in [2.24, 2.45) is 0 Å². The molecule has 14 heavy (non-hydrogen) atoms. The molecule has 0 aliphatic rings. The van der Waals surface area contributed by atoms with Crippen molar-refractivity contribution in [3.05, 3.63) is 41.5 Å². The molecule has 0 aromatic heterocycles. The number of rotatable bonds is 4. The second kappa shape index (κ2) is 5.61. The molecule has 0 amide bonds. The average molecular weight is 189 g/mol. The number of hydrogen-bond acceptors (Lipinski definition) is 1. The highest BCUT2D eigenvalue weighted by Crippen LogP contribution is 2.14. The highest BCUT2D eigenvalue weighted by molar-refractivity contribution is 5.63. The maximum absolute atomic E-state index is 3.14. The van der Waals surface area contributed by atoms with E-state index >= 15 is 0 Å². The molecule has 0 heterocycles. The maximum Gasteiger partial charge on any atom is -0.00171 e. The molecular weight excluding hydrogens is 170 g/mol. The minimum atomic E-state index is 1.04. The lowest BCUT2D eigenvalue weighted by Crippen LogP contribution is -2.05.